The molecule has 0 amide bonds. The Morgan fingerprint density at radius 2 is 1.45 bits per heavy atom. The first-order valence-electron chi connectivity index (χ1n) is 7.00. The molecule has 0 spiro atoms. The summed E-state index contributed by atoms with van der Waals surface area (Å²) in [5.41, 5.74) is 2.70. The molecule has 6 nitrogen and oxygen atoms in total. The average molecular weight is 299 g/mol. The smallest absolute Gasteiger partial charge is 0.191 e. The Bertz CT molecular complexity index is 705. The van der Waals surface area contributed by atoms with E-state index < -0.39 is 0 Å². The highest BCUT2D eigenvalue weighted by molar-refractivity contribution is 6.14. The molecule has 3 heterocycles. The van der Waals surface area contributed by atoms with Gasteiger partial charge in [0, 0.05) is 38.1 Å². The maximum absolute atomic E-state index is 12.6. The number of nitrogens with zero attached hydrogens (tertiary/aromatic N) is 3. The third-order valence-corrected chi connectivity index (χ3v) is 3.38. The minimum Gasteiger partial charge on any atom is -0.449 e. The molecule has 0 aromatic carbocycles. The third-order valence-electron chi connectivity index (χ3n) is 3.38. The number of carbonyl (C=O) groups excluding carboxylic acids is 1. The average Bonchev–Trinajstić information content (AvgIpc) is 3.04. The van der Waals surface area contributed by atoms with Gasteiger partial charge < -0.3 is 8.83 Å². The van der Waals surface area contributed by atoms with Gasteiger partial charge in [0.05, 0.1) is 0 Å². The SMILES string of the molecule is Cc1nc(/C=C2\CN(C)C/C(=C\c3coc(C)n3)C2=O)co1. The van der Waals surface area contributed by atoms with E-state index in [9.17, 15) is 4.79 Å². The number of aromatic nitrogens is 2. The number of rotatable bonds is 2. The Labute approximate surface area is 128 Å². The summed E-state index contributed by atoms with van der Waals surface area (Å²) in [5, 5.41) is 0. The fourth-order valence-corrected chi connectivity index (χ4v) is 2.46. The lowest BCUT2D eigenvalue weighted by molar-refractivity contribution is -0.113. The largest absolute Gasteiger partial charge is 0.449 e. The highest BCUT2D eigenvalue weighted by atomic mass is 16.3. The van der Waals surface area contributed by atoms with Gasteiger partial charge in [-0.05, 0) is 19.2 Å². The number of hydrogen-bond acceptors (Lipinski definition) is 6. The molecule has 0 atom stereocenters. The van der Waals surface area contributed by atoms with Crippen LogP contribution in [-0.2, 0) is 4.79 Å². The van der Waals surface area contributed by atoms with E-state index >= 15 is 0 Å². The molecule has 0 N–H and O–H groups in total. The summed E-state index contributed by atoms with van der Waals surface area (Å²) in [6.45, 7) is 4.71. The van der Waals surface area contributed by atoms with Crippen molar-refractivity contribution >= 4 is 17.9 Å². The second-order valence-electron chi connectivity index (χ2n) is 5.42. The second-order valence-corrected chi connectivity index (χ2v) is 5.42. The summed E-state index contributed by atoms with van der Waals surface area (Å²) in [5.74, 6) is 1.18. The molecule has 0 bridgehead atoms. The van der Waals surface area contributed by atoms with Crippen molar-refractivity contribution in [2.75, 3.05) is 20.1 Å². The van der Waals surface area contributed by atoms with E-state index in [-0.39, 0.29) is 5.78 Å². The molecule has 0 unspecified atom stereocenters. The number of ketones is 1. The van der Waals surface area contributed by atoms with E-state index in [2.05, 4.69) is 14.9 Å². The molecule has 0 aliphatic carbocycles. The number of likely N-dealkylation sites (tertiary alicyclic amines) is 1. The zero-order valence-electron chi connectivity index (χ0n) is 12.8. The molecular formula is C16H17N3O3. The van der Waals surface area contributed by atoms with Gasteiger partial charge in [0.1, 0.15) is 23.9 Å². The highest BCUT2D eigenvalue weighted by Crippen LogP contribution is 2.20. The lowest BCUT2D eigenvalue weighted by Gasteiger charge is -2.25. The topological polar surface area (TPSA) is 72.4 Å². The van der Waals surface area contributed by atoms with E-state index in [1.807, 2.05) is 7.05 Å². The molecule has 1 saturated heterocycles. The summed E-state index contributed by atoms with van der Waals surface area (Å²) in [7, 11) is 1.97. The summed E-state index contributed by atoms with van der Waals surface area (Å²) in [4.78, 5) is 23.1. The van der Waals surface area contributed by atoms with E-state index in [1.54, 1.807) is 38.5 Å². The molecule has 2 aromatic heterocycles. The van der Waals surface area contributed by atoms with Crippen molar-refractivity contribution in [3.05, 3.63) is 46.8 Å². The van der Waals surface area contributed by atoms with Gasteiger partial charge in [-0.15, -0.1) is 0 Å². The van der Waals surface area contributed by atoms with Crippen LogP contribution in [0.2, 0.25) is 0 Å². The number of Topliss-reactive ketones (excluding diaryl/α,β-unsaturated/α-hetero) is 1. The Balaban J connectivity index is 1.91. The minimum absolute atomic E-state index is 0.0133. The summed E-state index contributed by atoms with van der Waals surface area (Å²) < 4.78 is 10.4. The number of aryl methyl sites for hydroxylation is 2. The standard InChI is InChI=1S/C16H17N3O3/c1-10-17-14(8-21-10)4-12-6-19(3)7-13(16(12)20)5-15-9-22-11(2)18-15/h4-5,8-9H,6-7H2,1-3H3/b12-4+,13-5+. The number of oxazole rings is 2. The van der Waals surface area contributed by atoms with Crippen LogP contribution in [-0.4, -0.2) is 40.8 Å². The van der Waals surface area contributed by atoms with Crippen LogP contribution in [0, 0.1) is 13.8 Å². The molecule has 1 fully saturated rings. The Kier molecular flexibility index (Phi) is 3.77. The first-order chi connectivity index (χ1) is 10.5. The van der Waals surface area contributed by atoms with Gasteiger partial charge in [0.25, 0.3) is 0 Å². The maximum Gasteiger partial charge on any atom is 0.191 e. The Morgan fingerprint density at radius 3 is 1.82 bits per heavy atom. The predicted molar refractivity (Wildman–Crippen MR) is 80.9 cm³/mol. The Morgan fingerprint density at radius 1 is 1.00 bits per heavy atom. The monoisotopic (exact) mass is 299 g/mol. The lowest BCUT2D eigenvalue weighted by Crippen LogP contribution is -2.34. The second kappa shape index (κ2) is 5.73. The van der Waals surface area contributed by atoms with Crippen LogP contribution in [0.1, 0.15) is 23.2 Å². The first-order valence-corrected chi connectivity index (χ1v) is 7.00. The van der Waals surface area contributed by atoms with Crippen LogP contribution in [0.3, 0.4) is 0 Å². The van der Waals surface area contributed by atoms with Gasteiger partial charge in [0.2, 0.25) is 0 Å². The van der Waals surface area contributed by atoms with Crippen molar-refractivity contribution in [2.24, 2.45) is 0 Å². The van der Waals surface area contributed by atoms with Crippen LogP contribution < -0.4 is 0 Å². The first kappa shape index (κ1) is 14.5. The van der Waals surface area contributed by atoms with E-state index in [0.717, 1.165) is 0 Å². The molecule has 0 radical (unpaired) electrons. The molecule has 114 valence electrons. The van der Waals surface area contributed by atoms with Crippen molar-refractivity contribution in [1.29, 1.82) is 0 Å². The summed E-state index contributed by atoms with van der Waals surface area (Å²) in [6.07, 6.45) is 6.65. The minimum atomic E-state index is 0.0133. The van der Waals surface area contributed by atoms with Crippen molar-refractivity contribution in [1.82, 2.24) is 14.9 Å². The number of likely N-dealkylation sites (N-methyl/N-ethyl adjacent to an activating group) is 1. The maximum atomic E-state index is 12.6. The van der Waals surface area contributed by atoms with Crippen LogP contribution in [0.5, 0.6) is 0 Å². The van der Waals surface area contributed by atoms with Gasteiger partial charge in [-0.2, -0.15) is 0 Å². The van der Waals surface area contributed by atoms with Gasteiger partial charge in [-0.25, -0.2) is 9.97 Å². The normalized spacial score (nSPS) is 20.2. The predicted octanol–water partition coefficient (Wildman–Crippen LogP) is 2.26. The lowest BCUT2D eigenvalue weighted by atomic mass is 9.96. The number of piperidine rings is 1. The number of hydrogen-bond donors (Lipinski definition) is 0. The third kappa shape index (κ3) is 3.07. The van der Waals surface area contributed by atoms with Crippen molar-refractivity contribution in [2.45, 2.75) is 13.8 Å². The molecule has 1 aliphatic rings. The summed E-state index contributed by atoms with van der Waals surface area (Å²) >= 11 is 0. The fourth-order valence-electron chi connectivity index (χ4n) is 2.46. The van der Waals surface area contributed by atoms with Crippen LogP contribution in [0.15, 0.2) is 32.5 Å². The zero-order valence-corrected chi connectivity index (χ0v) is 12.8. The summed E-state index contributed by atoms with van der Waals surface area (Å²) in [6, 6.07) is 0. The van der Waals surface area contributed by atoms with Crippen molar-refractivity contribution < 1.29 is 13.6 Å². The van der Waals surface area contributed by atoms with Crippen LogP contribution >= 0.6 is 0 Å². The van der Waals surface area contributed by atoms with Gasteiger partial charge in [-0.3, -0.25) is 9.69 Å². The van der Waals surface area contributed by atoms with Crippen LogP contribution in [0.25, 0.3) is 12.2 Å². The zero-order chi connectivity index (χ0) is 15.7. The van der Waals surface area contributed by atoms with Crippen LogP contribution in [0.4, 0.5) is 0 Å². The number of carbonyl (C=O) groups is 1. The molecule has 0 saturated carbocycles. The van der Waals surface area contributed by atoms with Crippen molar-refractivity contribution in [3.63, 3.8) is 0 Å². The van der Waals surface area contributed by atoms with Crippen molar-refractivity contribution in [3.8, 4) is 0 Å². The molecule has 6 heteroatoms. The van der Waals surface area contributed by atoms with Gasteiger partial charge >= 0.3 is 0 Å². The molecule has 2 aromatic rings. The molecule has 1 aliphatic heterocycles. The van der Waals surface area contributed by atoms with E-state index in [4.69, 9.17) is 8.83 Å². The van der Waals surface area contributed by atoms with Gasteiger partial charge in [-0.1, -0.05) is 0 Å². The highest BCUT2D eigenvalue weighted by Gasteiger charge is 2.24. The fraction of sp³-hybridized carbons (Fsp3) is 0.312. The molecule has 3 rings (SSSR count). The Hall–Kier alpha value is -2.47. The van der Waals surface area contributed by atoms with Gasteiger partial charge in [0.15, 0.2) is 17.6 Å². The molecular weight excluding hydrogens is 282 g/mol. The van der Waals surface area contributed by atoms with E-state index in [0.29, 0.717) is 47.4 Å². The quantitative estimate of drug-likeness (QED) is 0.792. The van der Waals surface area contributed by atoms with E-state index in [1.165, 1.54) is 0 Å². The molecule has 22 heavy (non-hydrogen) atoms.